The molecule has 0 aliphatic carbocycles. The smallest absolute Gasteiger partial charge is 0.210 e. The van der Waals surface area contributed by atoms with Crippen LogP contribution in [-0.4, -0.2) is 15.2 Å². The van der Waals surface area contributed by atoms with Gasteiger partial charge in [0.05, 0.1) is 0 Å². The maximum Gasteiger partial charge on any atom is 0.210 e. The van der Waals surface area contributed by atoms with E-state index >= 15 is 0 Å². The largest absolute Gasteiger partial charge is 0.219 e. The van der Waals surface area contributed by atoms with Gasteiger partial charge in [-0.15, -0.1) is 10.2 Å². The van der Waals surface area contributed by atoms with Gasteiger partial charge in [0.1, 0.15) is 11.4 Å². The molecule has 0 fully saturated rings. The number of benzene rings is 3. The Balaban J connectivity index is 1.73. The molecule has 138 valence electrons. The zero-order valence-corrected chi connectivity index (χ0v) is 16.9. The highest BCUT2D eigenvalue weighted by Gasteiger charge is 2.17. The van der Waals surface area contributed by atoms with Gasteiger partial charge in [-0.25, -0.2) is 4.98 Å². The number of rotatable bonds is 5. The van der Waals surface area contributed by atoms with Crippen LogP contribution in [0.25, 0.3) is 22.5 Å². The minimum Gasteiger partial charge on any atom is -0.219 e. The Kier molecular flexibility index (Phi) is 5.70. The molecule has 3 aromatic carbocycles. The number of nitrogens with zero attached hydrogens (tertiary/aromatic N) is 3. The van der Waals surface area contributed by atoms with Crippen molar-refractivity contribution in [1.29, 1.82) is 0 Å². The molecular formula is C23H18ClN3S. The molecular weight excluding hydrogens is 386 g/mol. The lowest BCUT2D eigenvalue weighted by Crippen LogP contribution is -2.00. The molecule has 0 spiro atoms. The summed E-state index contributed by atoms with van der Waals surface area (Å²) in [6.45, 7) is 2.10. The maximum atomic E-state index is 6.35. The summed E-state index contributed by atoms with van der Waals surface area (Å²) >= 11 is 7.90. The zero-order chi connectivity index (χ0) is 19.3. The summed E-state index contributed by atoms with van der Waals surface area (Å²) in [6.07, 6.45) is 0. The van der Waals surface area contributed by atoms with Crippen molar-refractivity contribution in [2.24, 2.45) is 0 Å². The molecule has 0 bridgehead atoms. The molecule has 0 aliphatic heterocycles. The second kappa shape index (κ2) is 8.55. The Morgan fingerprint density at radius 3 is 1.93 bits per heavy atom. The number of aromatic nitrogens is 3. The first-order valence-corrected chi connectivity index (χ1v) is 10.2. The summed E-state index contributed by atoms with van der Waals surface area (Å²) in [5.41, 5.74) is 4.68. The number of hydrogen-bond acceptors (Lipinski definition) is 4. The summed E-state index contributed by atoms with van der Waals surface area (Å²) in [5.74, 6) is 0. The van der Waals surface area contributed by atoms with Crippen molar-refractivity contribution in [3.63, 3.8) is 0 Å². The van der Waals surface area contributed by atoms with Crippen LogP contribution in [0, 0.1) is 0 Å². The van der Waals surface area contributed by atoms with E-state index in [9.17, 15) is 0 Å². The molecule has 0 amide bonds. The fourth-order valence-corrected chi connectivity index (χ4v) is 4.22. The van der Waals surface area contributed by atoms with Crippen LogP contribution in [0.5, 0.6) is 0 Å². The topological polar surface area (TPSA) is 38.7 Å². The maximum absolute atomic E-state index is 6.35. The first kappa shape index (κ1) is 18.7. The molecule has 1 aromatic heterocycles. The summed E-state index contributed by atoms with van der Waals surface area (Å²) in [6, 6.07) is 28.0. The van der Waals surface area contributed by atoms with Gasteiger partial charge in [0, 0.05) is 21.4 Å². The third-order valence-electron chi connectivity index (χ3n) is 4.39. The fourth-order valence-electron chi connectivity index (χ4n) is 2.98. The van der Waals surface area contributed by atoms with Crippen LogP contribution in [0.4, 0.5) is 0 Å². The van der Waals surface area contributed by atoms with Gasteiger partial charge in [0.2, 0.25) is 5.16 Å². The Labute approximate surface area is 173 Å². The normalized spacial score (nSPS) is 11.9. The lowest BCUT2D eigenvalue weighted by molar-refractivity contribution is 0.845. The quantitative estimate of drug-likeness (QED) is 0.347. The molecule has 0 aliphatic rings. The highest BCUT2D eigenvalue weighted by atomic mass is 35.5. The Morgan fingerprint density at radius 1 is 0.714 bits per heavy atom. The summed E-state index contributed by atoms with van der Waals surface area (Å²) in [7, 11) is 0. The van der Waals surface area contributed by atoms with Crippen molar-refractivity contribution in [1.82, 2.24) is 15.2 Å². The van der Waals surface area contributed by atoms with Crippen LogP contribution >= 0.6 is 23.4 Å². The lowest BCUT2D eigenvalue weighted by atomic mass is 10.0. The molecule has 0 saturated carbocycles. The van der Waals surface area contributed by atoms with E-state index in [1.165, 1.54) is 0 Å². The molecule has 28 heavy (non-hydrogen) atoms. The van der Waals surface area contributed by atoms with Crippen molar-refractivity contribution in [3.8, 4) is 22.5 Å². The molecule has 1 atom stereocenters. The van der Waals surface area contributed by atoms with Crippen LogP contribution in [0.15, 0.2) is 90.1 Å². The number of thioether (sulfide) groups is 1. The summed E-state index contributed by atoms with van der Waals surface area (Å²) in [5, 5.41) is 10.4. The molecule has 0 unspecified atom stereocenters. The highest BCUT2D eigenvalue weighted by Crippen LogP contribution is 2.37. The van der Waals surface area contributed by atoms with E-state index < -0.39 is 0 Å². The third-order valence-corrected chi connectivity index (χ3v) is 5.72. The van der Waals surface area contributed by atoms with Crippen molar-refractivity contribution in [2.75, 3.05) is 0 Å². The van der Waals surface area contributed by atoms with Crippen molar-refractivity contribution in [3.05, 3.63) is 95.5 Å². The average Bonchev–Trinajstić information content (AvgIpc) is 2.75. The van der Waals surface area contributed by atoms with Crippen LogP contribution in [0.1, 0.15) is 17.7 Å². The lowest BCUT2D eigenvalue weighted by Gasteiger charge is -2.13. The van der Waals surface area contributed by atoms with Crippen molar-refractivity contribution in [2.45, 2.75) is 17.3 Å². The van der Waals surface area contributed by atoms with Gasteiger partial charge in [-0.1, -0.05) is 102 Å². The van der Waals surface area contributed by atoms with Gasteiger partial charge in [-0.05, 0) is 18.6 Å². The third kappa shape index (κ3) is 4.08. The van der Waals surface area contributed by atoms with Gasteiger partial charge in [-0.3, -0.25) is 0 Å². The molecule has 0 N–H and O–H groups in total. The summed E-state index contributed by atoms with van der Waals surface area (Å²) in [4.78, 5) is 4.86. The SMILES string of the molecule is C[C@H](Sc1nnc(-c2ccccc2)c(-c2ccccc2)n1)c1ccccc1Cl. The van der Waals surface area contributed by atoms with E-state index in [4.69, 9.17) is 16.6 Å². The molecule has 5 heteroatoms. The molecule has 3 nitrogen and oxygen atoms in total. The first-order chi connectivity index (χ1) is 13.7. The molecule has 4 aromatic rings. The predicted octanol–water partition coefficient (Wildman–Crippen LogP) is 6.71. The van der Waals surface area contributed by atoms with E-state index in [-0.39, 0.29) is 5.25 Å². The summed E-state index contributed by atoms with van der Waals surface area (Å²) < 4.78 is 0. The van der Waals surface area contributed by atoms with Crippen LogP contribution in [-0.2, 0) is 0 Å². The van der Waals surface area contributed by atoms with Crippen LogP contribution < -0.4 is 0 Å². The van der Waals surface area contributed by atoms with Gasteiger partial charge < -0.3 is 0 Å². The van der Waals surface area contributed by atoms with Gasteiger partial charge in [-0.2, -0.15) is 0 Å². The van der Waals surface area contributed by atoms with E-state index in [0.29, 0.717) is 5.16 Å². The van der Waals surface area contributed by atoms with E-state index in [0.717, 1.165) is 33.1 Å². The Bertz CT molecular complexity index is 1070. The molecule has 0 radical (unpaired) electrons. The second-order valence-corrected chi connectivity index (χ2v) is 8.02. The Hall–Kier alpha value is -2.69. The van der Waals surface area contributed by atoms with Crippen molar-refractivity contribution < 1.29 is 0 Å². The second-order valence-electron chi connectivity index (χ2n) is 6.31. The molecule has 4 rings (SSSR count). The minimum atomic E-state index is 0.113. The average molecular weight is 404 g/mol. The number of halogens is 1. The van der Waals surface area contributed by atoms with Crippen LogP contribution in [0.2, 0.25) is 5.02 Å². The standard InChI is InChI=1S/C23H18ClN3S/c1-16(19-14-8-9-15-20(19)24)28-23-25-21(17-10-4-2-5-11-17)22(26-27-23)18-12-6-3-7-13-18/h2-16H,1H3/t16-/m0/s1. The van der Waals surface area contributed by atoms with E-state index in [2.05, 4.69) is 17.1 Å². The van der Waals surface area contributed by atoms with Gasteiger partial charge >= 0.3 is 0 Å². The zero-order valence-electron chi connectivity index (χ0n) is 15.3. The van der Waals surface area contributed by atoms with Crippen LogP contribution in [0.3, 0.4) is 0 Å². The molecule has 1 heterocycles. The minimum absolute atomic E-state index is 0.113. The van der Waals surface area contributed by atoms with E-state index in [1.807, 2.05) is 84.9 Å². The fraction of sp³-hybridized carbons (Fsp3) is 0.0870. The Morgan fingerprint density at radius 2 is 1.29 bits per heavy atom. The number of hydrogen-bond donors (Lipinski definition) is 0. The first-order valence-electron chi connectivity index (χ1n) is 8.99. The van der Waals surface area contributed by atoms with Gasteiger partial charge in [0.25, 0.3) is 0 Å². The highest BCUT2D eigenvalue weighted by molar-refractivity contribution is 7.99. The predicted molar refractivity (Wildman–Crippen MR) is 116 cm³/mol. The van der Waals surface area contributed by atoms with Crippen molar-refractivity contribution >= 4 is 23.4 Å². The monoisotopic (exact) mass is 403 g/mol. The molecule has 0 saturated heterocycles. The van der Waals surface area contributed by atoms with E-state index in [1.54, 1.807) is 11.8 Å². The van der Waals surface area contributed by atoms with Gasteiger partial charge in [0.15, 0.2) is 0 Å².